The summed E-state index contributed by atoms with van der Waals surface area (Å²) >= 11 is 0. The summed E-state index contributed by atoms with van der Waals surface area (Å²) in [5, 5.41) is 13.6. The first-order valence-corrected chi connectivity index (χ1v) is 18.3. The van der Waals surface area contributed by atoms with Crippen LogP contribution in [0.4, 0.5) is 0 Å². The number of ketones is 1. The Morgan fingerprint density at radius 1 is 0.843 bits per heavy atom. The van der Waals surface area contributed by atoms with Gasteiger partial charge in [0.15, 0.2) is 5.78 Å². The molecule has 275 valence electrons. The second-order valence-electron chi connectivity index (χ2n) is 15.7. The van der Waals surface area contributed by atoms with Crippen LogP contribution in [-0.4, -0.2) is 20.9 Å². The van der Waals surface area contributed by atoms with E-state index in [1.807, 2.05) is 53.9 Å². The number of carbonyl (C=O) groups is 1. The maximum absolute atomic E-state index is 12.2. The van der Waals surface area contributed by atoms with Crippen LogP contribution in [-0.2, 0) is 36.7 Å². The molecule has 0 unspecified atom stereocenters. The zero-order valence-corrected chi connectivity index (χ0v) is 34.9. The van der Waals surface area contributed by atoms with Crippen LogP contribution in [0.5, 0.6) is 0 Å². The number of hydrogen-bond acceptors (Lipinski definition) is 5. The quantitative estimate of drug-likeness (QED) is 0.0813. The molecule has 3 aromatic carbocycles. The zero-order valence-electron chi connectivity index (χ0n) is 32.5. The van der Waals surface area contributed by atoms with Crippen LogP contribution in [0.1, 0.15) is 113 Å². The normalized spacial score (nSPS) is 12.5. The number of para-hydroxylation sites is 1. The van der Waals surface area contributed by atoms with E-state index in [4.69, 9.17) is 4.42 Å². The molecule has 5 aromatic rings. The summed E-state index contributed by atoms with van der Waals surface area (Å²) in [5.41, 5.74) is 6.51. The van der Waals surface area contributed by atoms with Crippen molar-refractivity contribution in [2.75, 3.05) is 0 Å². The molecule has 1 N–H and O–H groups in total. The van der Waals surface area contributed by atoms with E-state index in [1.165, 1.54) is 22.6 Å². The maximum atomic E-state index is 12.2. The number of furan rings is 1. The van der Waals surface area contributed by atoms with Crippen LogP contribution < -0.4 is 0 Å². The van der Waals surface area contributed by atoms with Gasteiger partial charge in [-0.15, -0.1) is 29.1 Å². The Bertz CT molecular complexity index is 1960. The third-order valence-electron chi connectivity index (χ3n) is 10.7. The van der Waals surface area contributed by atoms with Gasteiger partial charge in [-0.3, -0.25) is 9.78 Å². The van der Waals surface area contributed by atoms with Crippen molar-refractivity contribution in [2.24, 2.45) is 16.7 Å². The van der Waals surface area contributed by atoms with E-state index in [0.29, 0.717) is 5.92 Å². The van der Waals surface area contributed by atoms with Crippen molar-refractivity contribution >= 4 is 27.5 Å². The number of aliphatic hydroxyl groups excluding tert-OH is 1. The molecule has 5 nitrogen and oxygen atoms in total. The molecule has 0 aliphatic rings. The van der Waals surface area contributed by atoms with Crippen LogP contribution in [0.3, 0.4) is 0 Å². The van der Waals surface area contributed by atoms with E-state index in [1.54, 1.807) is 6.33 Å². The fraction of sp³-hybridized carbons (Fsp3) is 0.444. The van der Waals surface area contributed by atoms with E-state index in [0.717, 1.165) is 71.0 Å². The van der Waals surface area contributed by atoms with Gasteiger partial charge >= 0.3 is 0 Å². The number of rotatable bonds is 11. The molecular formula is C45H57IrN2O3-. The molecule has 0 spiro atoms. The van der Waals surface area contributed by atoms with Crippen molar-refractivity contribution in [2.45, 2.75) is 114 Å². The molecule has 0 atom stereocenters. The summed E-state index contributed by atoms with van der Waals surface area (Å²) in [6, 6.07) is 22.6. The summed E-state index contributed by atoms with van der Waals surface area (Å²) in [6.07, 6.45) is 9.28. The first-order chi connectivity index (χ1) is 23.6. The molecule has 0 amide bonds. The molecule has 6 heteroatoms. The Hall–Kier alpha value is -3.60. The molecule has 0 aliphatic heterocycles. The number of benzene rings is 3. The predicted octanol–water partition coefficient (Wildman–Crippen LogP) is 12.7. The molecule has 0 aliphatic carbocycles. The van der Waals surface area contributed by atoms with Crippen LogP contribution >= 0.6 is 0 Å². The summed E-state index contributed by atoms with van der Waals surface area (Å²) < 4.78 is 6.03. The van der Waals surface area contributed by atoms with Gasteiger partial charge < -0.3 is 9.52 Å². The van der Waals surface area contributed by atoms with Crippen molar-refractivity contribution in [1.29, 1.82) is 0 Å². The van der Waals surface area contributed by atoms with Crippen LogP contribution in [0.15, 0.2) is 83.4 Å². The number of aliphatic hydroxyl groups is 1. The molecule has 0 bridgehead atoms. The summed E-state index contributed by atoms with van der Waals surface area (Å²) in [5.74, 6) is 0.856. The van der Waals surface area contributed by atoms with Crippen LogP contribution in [0.25, 0.3) is 44.3 Å². The molecule has 0 fully saturated rings. The number of hydrogen-bond donors (Lipinski definition) is 1. The third kappa shape index (κ3) is 9.45. The zero-order chi connectivity index (χ0) is 36.9. The van der Waals surface area contributed by atoms with Gasteiger partial charge in [0, 0.05) is 53.7 Å². The first kappa shape index (κ1) is 41.8. The second-order valence-corrected chi connectivity index (χ2v) is 15.7. The van der Waals surface area contributed by atoms with Gasteiger partial charge in [-0.05, 0) is 61.1 Å². The van der Waals surface area contributed by atoms with Crippen molar-refractivity contribution < 1.29 is 34.4 Å². The van der Waals surface area contributed by atoms with Crippen molar-refractivity contribution in [3.63, 3.8) is 0 Å². The monoisotopic (exact) mass is 866 g/mol. The average Bonchev–Trinajstić information content (AvgIpc) is 3.52. The van der Waals surface area contributed by atoms with Gasteiger partial charge in [-0.1, -0.05) is 117 Å². The summed E-state index contributed by atoms with van der Waals surface area (Å²) in [7, 11) is 0. The minimum absolute atomic E-state index is 0. The van der Waals surface area contributed by atoms with E-state index in [-0.39, 0.29) is 47.9 Å². The Labute approximate surface area is 319 Å². The Balaban J connectivity index is 0.000000335. The van der Waals surface area contributed by atoms with Crippen LogP contribution in [0.2, 0.25) is 0 Å². The number of nitrogens with zero attached hydrogens (tertiary/aromatic N) is 2. The smallest absolute Gasteiger partial charge is 0.164 e. The maximum Gasteiger partial charge on any atom is 0.164 e. The summed E-state index contributed by atoms with van der Waals surface area (Å²) in [4.78, 5) is 21.4. The first-order valence-electron chi connectivity index (χ1n) is 18.3. The fourth-order valence-corrected chi connectivity index (χ4v) is 6.23. The number of aromatic nitrogens is 2. The van der Waals surface area contributed by atoms with Gasteiger partial charge in [0.05, 0.1) is 12.0 Å². The number of allylic oxidation sites excluding steroid dienone is 2. The van der Waals surface area contributed by atoms with E-state index in [2.05, 4.69) is 99.2 Å². The Morgan fingerprint density at radius 2 is 1.45 bits per heavy atom. The molecule has 1 radical (unpaired) electrons. The van der Waals surface area contributed by atoms with E-state index < -0.39 is 0 Å². The van der Waals surface area contributed by atoms with Crippen molar-refractivity contribution in [3.05, 3.63) is 96.2 Å². The standard InChI is InChI=1S/C30H29N2O.C15H28O2.Ir/c1-19(2)13-22-17-33-29-24(22)11-8-12-25(29)28-16-27(31-18-32-28)21-14-20-9-6-7-10-23(20)26(15-21)30(3,4)5;1-7-14(5,8-2)12(16)11-13(17)15(6,9-3)10-4;/h6-12,15-19H,13H2,1-5H3;11,16H,7-10H2,1-6H3;/q-1;;/b;12-11-;. The molecular weight excluding hydrogens is 809 g/mol. The minimum Gasteiger partial charge on any atom is -0.512 e. The van der Waals surface area contributed by atoms with Gasteiger partial charge in [-0.2, -0.15) is 0 Å². The molecule has 5 rings (SSSR count). The molecule has 51 heavy (non-hydrogen) atoms. The van der Waals surface area contributed by atoms with E-state index >= 15 is 0 Å². The van der Waals surface area contributed by atoms with Gasteiger partial charge in [0.2, 0.25) is 0 Å². The molecule has 2 heterocycles. The average molecular weight is 866 g/mol. The molecule has 0 saturated heterocycles. The Kier molecular flexibility index (Phi) is 14.2. The number of carbonyl (C=O) groups excluding carboxylic acids is 1. The Morgan fingerprint density at radius 3 is 2.06 bits per heavy atom. The van der Waals surface area contributed by atoms with Crippen molar-refractivity contribution in [1.82, 2.24) is 9.97 Å². The second kappa shape index (κ2) is 17.3. The fourth-order valence-electron chi connectivity index (χ4n) is 6.23. The van der Waals surface area contributed by atoms with Crippen LogP contribution in [0, 0.1) is 22.8 Å². The largest absolute Gasteiger partial charge is 0.512 e. The molecule has 2 aromatic heterocycles. The molecule has 0 saturated carbocycles. The predicted molar refractivity (Wildman–Crippen MR) is 209 cm³/mol. The number of fused-ring (bicyclic) bond motifs is 2. The van der Waals surface area contributed by atoms with E-state index in [9.17, 15) is 9.90 Å². The SMILES string of the molecule is CC(C)Cc1coc2c(-c3cc(-c4[c-]c5ccccc5c(C(C)(C)C)c4)ncn3)cccc12.CCC(C)(CC)C(=O)/C=C(\O)C(C)(CC)CC.[Ir]. The van der Waals surface area contributed by atoms with Gasteiger partial charge in [0.1, 0.15) is 17.7 Å². The summed E-state index contributed by atoms with van der Waals surface area (Å²) in [6.45, 7) is 23.3. The van der Waals surface area contributed by atoms with Gasteiger partial charge in [0.25, 0.3) is 0 Å². The minimum atomic E-state index is -0.337. The van der Waals surface area contributed by atoms with Gasteiger partial charge in [-0.25, -0.2) is 4.98 Å². The third-order valence-corrected chi connectivity index (χ3v) is 10.7. The van der Waals surface area contributed by atoms with Crippen molar-refractivity contribution in [3.8, 4) is 22.5 Å². The topological polar surface area (TPSA) is 76.2 Å².